The number of rotatable bonds is 3. The highest BCUT2D eigenvalue weighted by atomic mass is 15.2. The van der Waals surface area contributed by atoms with Crippen molar-refractivity contribution in [1.82, 2.24) is 10.2 Å². The minimum absolute atomic E-state index is 0.382. The molecular formula is C16H17N3. The van der Waals surface area contributed by atoms with Gasteiger partial charge in [-0.1, -0.05) is 36.4 Å². The van der Waals surface area contributed by atoms with Gasteiger partial charge in [-0.2, -0.15) is 5.10 Å². The van der Waals surface area contributed by atoms with Crippen molar-refractivity contribution >= 4 is 16.6 Å². The molecule has 3 heteroatoms. The zero-order valence-electron chi connectivity index (χ0n) is 11.1. The average Bonchev–Trinajstić information content (AvgIpc) is 2.86. The Morgan fingerprint density at radius 1 is 1.00 bits per heavy atom. The van der Waals surface area contributed by atoms with E-state index in [-0.39, 0.29) is 0 Å². The molecule has 0 aliphatic rings. The van der Waals surface area contributed by atoms with Crippen LogP contribution < -0.4 is 5.32 Å². The van der Waals surface area contributed by atoms with Gasteiger partial charge >= 0.3 is 0 Å². The summed E-state index contributed by atoms with van der Waals surface area (Å²) in [6.45, 7) is 4.20. The van der Waals surface area contributed by atoms with E-state index in [1.54, 1.807) is 0 Å². The van der Waals surface area contributed by atoms with Crippen LogP contribution in [0.15, 0.2) is 48.5 Å². The first-order valence-electron chi connectivity index (χ1n) is 6.53. The first-order chi connectivity index (χ1) is 9.22. The molecule has 1 heterocycles. The Morgan fingerprint density at radius 3 is 2.58 bits per heavy atom. The van der Waals surface area contributed by atoms with Gasteiger partial charge in [-0.3, -0.25) is 5.10 Å². The summed E-state index contributed by atoms with van der Waals surface area (Å²) in [7, 11) is 0. The predicted octanol–water partition coefficient (Wildman–Crippen LogP) is 4.05. The maximum atomic E-state index is 4.28. The molecule has 0 saturated carbocycles. The first kappa shape index (κ1) is 11.8. The highest BCUT2D eigenvalue weighted by Crippen LogP contribution is 2.24. The van der Waals surface area contributed by atoms with Crippen molar-refractivity contribution in [3.8, 4) is 11.3 Å². The summed E-state index contributed by atoms with van der Waals surface area (Å²) in [5.74, 6) is 0.887. The highest BCUT2D eigenvalue weighted by molar-refractivity contribution is 5.86. The van der Waals surface area contributed by atoms with Crippen LogP contribution in [-0.2, 0) is 0 Å². The van der Waals surface area contributed by atoms with Gasteiger partial charge in [0.25, 0.3) is 0 Å². The molecule has 0 bridgehead atoms. The monoisotopic (exact) mass is 251 g/mol. The van der Waals surface area contributed by atoms with Gasteiger partial charge in [0.1, 0.15) is 5.82 Å². The molecule has 0 amide bonds. The Bertz CT molecular complexity index is 698. The highest BCUT2D eigenvalue weighted by Gasteiger charge is 2.05. The molecule has 1 aromatic heterocycles. The van der Waals surface area contributed by atoms with Crippen molar-refractivity contribution in [2.45, 2.75) is 19.9 Å². The van der Waals surface area contributed by atoms with Crippen LogP contribution in [0, 0.1) is 0 Å². The predicted molar refractivity (Wildman–Crippen MR) is 80.3 cm³/mol. The molecule has 3 aromatic rings. The summed E-state index contributed by atoms with van der Waals surface area (Å²) in [5, 5.41) is 13.1. The Morgan fingerprint density at radius 2 is 1.79 bits per heavy atom. The van der Waals surface area contributed by atoms with E-state index in [0.717, 1.165) is 17.1 Å². The molecule has 3 rings (SSSR count). The van der Waals surface area contributed by atoms with Crippen LogP contribution in [0.3, 0.4) is 0 Å². The van der Waals surface area contributed by atoms with Crippen molar-refractivity contribution in [3.05, 3.63) is 48.5 Å². The molecule has 0 aliphatic heterocycles. The van der Waals surface area contributed by atoms with E-state index in [4.69, 9.17) is 0 Å². The van der Waals surface area contributed by atoms with Crippen LogP contribution in [0.1, 0.15) is 13.8 Å². The third-order valence-electron chi connectivity index (χ3n) is 3.07. The van der Waals surface area contributed by atoms with Gasteiger partial charge in [0, 0.05) is 17.7 Å². The molecule has 96 valence electrons. The van der Waals surface area contributed by atoms with Gasteiger partial charge in [0.15, 0.2) is 0 Å². The van der Waals surface area contributed by atoms with Gasteiger partial charge < -0.3 is 5.32 Å². The maximum Gasteiger partial charge on any atom is 0.148 e. The Labute approximate surface area is 112 Å². The van der Waals surface area contributed by atoms with Crippen molar-refractivity contribution in [2.75, 3.05) is 5.32 Å². The molecule has 2 N–H and O–H groups in total. The Kier molecular flexibility index (Phi) is 2.95. The zero-order valence-corrected chi connectivity index (χ0v) is 11.1. The number of aromatic amines is 1. The lowest BCUT2D eigenvalue weighted by Gasteiger charge is -2.04. The molecule has 0 spiro atoms. The number of aromatic nitrogens is 2. The number of benzene rings is 2. The fraction of sp³-hybridized carbons (Fsp3) is 0.188. The third-order valence-corrected chi connectivity index (χ3v) is 3.07. The number of anilines is 1. The van der Waals surface area contributed by atoms with E-state index in [1.165, 1.54) is 10.8 Å². The van der Waals surface area contributed by atoms with E-state index in [9.17, 15) is 0 Å². The Balaban J connectivity index is 1.97. The second kappa shape index (κ2) is 4.76. The lowest BCUT2D eigenvalue weighted by Crippen LogP contribution is -2.09. The summed E-state index contributed by atoms with van der Waals surface area (Å²) < 4.78 is 0. The summed E-state index contributed by atoms with van der Waals surface area (Å²) in [6, 6.07) is 17.2. The largest absolute Gasteiger partial charge is 0.366 e. The van der Waals surface area contributed by atoms with Gasteiger partial charge in [-0.15, -0.1) is 0 Å². The second-order valence-corrected chi connectivity index (χ2v) is 5.03. The van der Waals surface area contributed by atoms with Crippen molar-refractivity contribution in [2.24, 2.45) is 0 Å². The van der Waals surface area contributed by atoms with Crippen LogP contribution >= 0.6 is 0 Å². The smallest absolute Gasteiger partial charge is 0.148 e. The molecule has 0 aliphatic carbocycles. The first-order valence-corrected chi connectivity index (χ1v) is 6.53. The summed E-state index contributed by atoms with van der Waals surface area (Å²) in [6.07, 6.45) is 0. The summed E-state index contributed by atoms with van der Waals surface area (Å²) in [5.41, 5.74) is 2.19. The SMILES string of the molecule is CC(C)Nc1cc(-c2ccc3ccccc3c2)[nH]n1. The normalized spacial score (nSPS) is 11.1. The topological polar surface area (TPSA) is 40.7 Å². The van der Waals surface area contributed by atoms with Crippen LogP contribution in [0.5, 0.6) is 0 Å². The molecule has 2 aromatic carbocycles. The minimum Gasteiger partial charge on any atom is -0.366 e. The fourth-order valence-electron chi connectivity index (χ4n) is 2.20. The molecule has 0 fully saturated rings. The van der Waals surface area contributed by atoms with Gasteiger partial charge in [0.2, 0.25) is 0 Å². The standard InChI is InChI=1S/C16H17N3/c1-11(2)17-16-10-15(18-19-16)14-8-7-12-5-3-4-6-13(12)9-14/h3-11H,1-2H3,(H2,17,18,19). The third kappa shape index (κ3) is 2.45. The number of nitrogens with zero attached hydrogens (tertiary/aromatic N) is 1. The number of hydrogen-bond donors (Lipinski definition) is 2. The summed E-state index contributed by atoms with van der Waals surface area (Å²) >= 11 is 0. The van der Waals surface area contributed by atoms with Gasteiger partial charge in [-0.05, 0) is 30.7 Å². The van der Waals surface area contributed by atoms with E-state index in [2.05, 4.69) is 71.8 Å². The van der Waals surface area contributed by atoms with Gasteiger partial charge in [-0.25, -0.2) is 0 Å². The number of fused-ring (bicyclic) bond motifs is 1. The number of hydrogen-bond acceptors (Lipinski definition) is 2. The summed E-state index contributed by atoms with van der Waals surface area (Å²) in [4.78, 5) is 0. The van der Waals surface area contributed by atoms with Gasteiger partial charge in [0.05, 0.1) is 5.69 Å². The van der Waals surface area contributed by atoms with E-state index >= 15 is 0 Å². The van der Waals surface area contributed by atoms with Crippen molar-refractivity contribution < 1.29 is 0 Å². The van der Waals surface area contributed by atoms with E-state index < -0.39 is 0 Å². The fourth-order valence-corrected chi connectivity index (χ4v) is 2.20. The molecule has 0 atom stereocenters. The number of H-pyrrole nitrogens is 1. The van der Waals surface area contributed by atoms with Crippen molar-refractivity contribution in [3.63, 3.8) is 0 Å². The quantitative estimate of drug-likeness (QED) is 0.737. The van der Waals surface area contributed by atoms with Crippen molar-refractivity contribution in [1.29, 1.82) is 0 Å². The van der Waals surface area contributed by atoms with Crippen LogP contribution in [0.2, 0.25) is 0 Å². The maximum absolute atomic E-state index is 4.28. The average molecular weight is 251 g/mol. The van der Waals surface area contributed by atoms with Crippen LogP contribution in [0.25, 0.3) is 22.0 Å². The lowest BCUT2D eigenvalue weighted by atomic mass is 10.1. The molecule has 3 nitrogen and oxygen atoms in total. The number of nitrogens with one attached hydrogen (secondary N) is 2. The minimum atomic E-state index is 0.382. The lowest BCUT2D eigenvalue weighted by molar-refractivity contribution is 0.884. The van der Waals surface area contributed by atoms with E-state index in [0.29, 0.717) is 6.04 Å². The van der Waals surface area contributed by atoms with Crippen LogP contribution in [0.4, 0.5) is 5.82 Å². The van der Waals surface area contributed by atoms with E-state index in [1.807, 2.05) is 6.07 Å². The molecule has 0 unspecified atom stereocenters. The van der Waals surface area contributed by atoms with Crippen LogP contribution in [-0.4, -0.2) is 16.2 Å². The molecule has 0 radical (unpaired) electrons. The molecule has 0 saturated heterocycles. The second-order valence-electron chi connectivity index (χ2n) is 5.03. The molecule has 19 heavy (non-hydrogen) atoms. The molecular weight excluding hydrogens is 234 g/mol. The zero-order chi connectivity index (χ0) is 13.2. The Hall–Kier alpha value is -2.29.